The van der Waals surface area contributed by atoms with Crippen molar-refractivity contribution in [2.24, 2.45) is 0 Å². The number of carbonyl (C=O) groups excluding carboxylic acids is 2. The Morgan fingerprint density at radius 3 is 2.36 bits per heavy atom. The fourth-order valence-corrected chi connectivity index (χ4v) is 3.94. The highest BCUT2D eigenvalue weighted by Gasteiger charge is 2.47. The first-order chi connectivity index (χ1) is 15.9. The number of aryl methyl sites for hydroxylation is 1. The molecule has 1 aliphatic rings. The fraction of sp³-hybridized carbons (Fsp3) is 0.231. The lowest BCUT2D eigenvalue weighted by atomic mass is 9.99. The number of benzene rings is 2. The number of hydrogen-bond acceptors (Lipinski definition) is 5. The van der Waals surface area contributed by atoms with Crippen LogP contribution in [0.4, 0.5) is 4.39 Å². The van der Waals surface area contributed by atoms with Crippen molar-refractivity contribution >= 4 is 17.4 Å². The van der Waals surface area contributed by atoms with Gasteiger partial charge in [-0.05, 0) is 74.4 Å². The highest BCUT2D eigenvalue weighted by Crippen LogP contribution is 2.40. The van der Waals surface area contributed by atoms with Gasteiger partial charge in [-0.15, -0.1) is 0 Å². The van der Waals surface area contributed by atoms with E-state index in [1.54, 1.807) is 55.5 Å². The Balaban J connectivity index is 1.71. The molecular weight excluding hydrogens is 425 g/mol. The number of hydrogen-bond donors (Lipinski definition) is 1. The zero-order valence-electron chi connectivity index (χ0n) is 18.4. The number of aliphatic hydroxyl groups excluding tert-OH is 1. The summed E-state index contributed by atoms with van der Waals surface area (Å²) in [7, 11) is 0. The monoisotopic (exact) mass is 449 g/mol. The summed E-state index contributed by atoms with van der Waals surface area (Å²) < 4.78 is 24.4. The molecule has 2 heterocycles. The zero-order valence-corrected chi connectivity index (χ0v) is 18.4. The molecule has 0 saturated carbocycles. The first-order valence-corrected chi connectivity index (χ1v) is 10.7. The van der Waals surface area contributed by atoms with Crippen molar-refractivity contribution in [2.75, 3.05) is 13.2 Å². The second kappa shape index (κ2) is 9.32. The fourth-order valence-electron chi connectivity index (χ4n) is 3.94. The first-order valence-electron chi connectivity index (χ1n) is 10.7. The van der Waals surface area contributed by atoms with Gasteiger partial charge in [0, 0.05) is 12.1 Å². The van der Waals surface area contributed by atoms with Gasteiger partial charge in [-0.2, -0.15) is 0 Å². The van der Waals surface area contributed by atoms with Gasteiger partial charge in [0.2, 0.25) is 0 Å². The lowest BCUT2D eigenvalue weighted by Gasteiger charge is -2.23. The molecule has 1 amide bonds. The van der Waals surface area contributed by atoms with Crippen LogP contribution < -0.4 is 4.74 Å². The maximum Gasteiger partial charge on any atom is 0.295 e. The van der Waals surface area contributed by atoms with E-state index in [2.05, 4.69) is 0 Å². The smallest absolute Gasteiger partial charge is 0.295 e. The third-order valence-electron chi connectivity index (χ3n) is 5.56. The number of aliphatic hydroxyl groups is 1. The van der Waals surface area contributed by atoms with Crippen LogP contribution in [-0.4, -0.2) is 34.8 Å². The third-order valence-corrected chi connectivity index (χ3v) is 5.56. The average Bonchev–Trinajstić information content (AvgIpc) is 3.34. The van der Waals surface area contributed by atoms with Crippen molar-refractivity contribution in [3.63, 3.8) is 0 Å². The molecule has 1 saturated heterocycles. The van der Waals surface area contributed by atoms with Crippen LogP contribution in [0.25, 0.3) is 5.76 Å². The van der Waals surface area contributed by atoms with Crippen molar-refractivity contribution in [1.82, 2.24) is 4.90 Å². The maximum absolute atomic E-state index is 13.2. The topological polar surface area (TPSA) is 80.0 Å². The number of nitrogens with zero attached hydrogens (tertiary/aromatic N) is 1. The number of rotatable bonds is 7. The van der Waals surface area contributed by atoms with Gasteiger partial charge in [0.1, 0.15) is 34.9 Å². The molecule has 0 radical (unpaired) electrons. The number of ether oxygens (including phenoxy) is 1. The van der Waals surface area contributed by atoms with Crippen LogP contribution in [0.5, 0.6) is 5.75 Å². The van der Waals surface area contributed by atoms with Gasteiger partial charge >= 0.3 is 0 Å². The van der Waals surface area contributed by atoms with Crippen molar-refractivity contribution in [3.05, 3.63) is 94.7 Å². The van der Waals surface area contributed by atoms with Crippen LogP contribution in [0.3, 0.4) is 0 Å². The van der Waals surface area contributed by atoms with Crippen molar-refractivity contribution < 1.29 is 28.2 Å². The van der Waals surface area contributed by atoms with E-state index in [9.17, 15) is 19.1 Å². The van der Waals surface area contributed by atoms with Crippen LogP contribution in [0.15, 0.2) is 70.7 Å². The van der Waals surface area contributed by atoms with Crippen LogP contribution >= 0.6 is 0 Å². The van der Waals surface area contributed by atoms with Gasteiger partial charge in [-0.1, -0.05) is 12.1 Å². The molecule has 0 bridgehead atoms. The summed E-state index contributed by atoms with van der Waals surface area (Å²) >= 11 is 0. The molecule has 1 fully saturated rings. The number of carbonyl (C=O) groups is 2. The summed E-state index contributed by atoms with van der Waals surface area (Å²) in [5.74, 6) is -0.482. The number of furan rings is 1. The molecule has 4 rings (SSSR count). The minimum atomic E-state index is -0.870. The Hall–Kier alpha value is -3.87. The van der Waals surface area contributed by atoms with Crippen LogP contribution in [0, 0.1) is 12.7 Å². The predicted molar refractivity (Wildman–Crippen MR) is 120 cm³/mol. The molecule has 1 N–H and O–H groups in total. The molecule has 0 aliphatic carbocycles. The van der Waals surface area contributed by atoms with Gasteiger partial charge in [0.05, 0.1) is 12.2 Å². The quantitative estimate of drug-likeness (QED) is 0.319. The second-order valence-corrected chi connectivity index (χ2v) is 7.77. The van der Waals surface area contributed by atoms with Gasteiger partial charge < -0.3 is 19.2 Å². The summed E-state index contributed by atoms with van der Waals surface area (Å²) in [6, 6.07) is 15.2. The predicted octanol–water partition coefficient (Wildman–Crippen LogP) is 4.79. The number of likely N-dealkylation sites (tertiary alicyclic amines) is 1. The number of amides is 1. The lowest BCUT2D eigenvalue weighted by Crippen LogP contribution is -2.31. The largest absolute Gasteiger partial charge is 0.507 e. The molecule has 2 aromatic carbocycles. The summed E-state index contributed by atoms with van der Waals surface area (Å²) in [5, 5.41) is 11.1. The molecule has 1 atom stereocenters. The van der Waals surface area contributed by atoms with Crippen LogP contribution in [0.1, 0.15) is 35.6 Å². The van der Waals surface area contributed by atoms with E-state index in [0.29, 0.717) is 35.9 Å². The number of ketones is 1. The molecule has 1 aromatic heterocycles. The second-order valence-electron chi connectivity index (χ2n) is 7.77. The Morgan fingerprint density at radius 2 is 1.76 bits per heavy atom. The molecular formula is C26H24FNO5. The lowest BCUT2D eigenvalue weighted by molar-refractivity contribution is -0.140. The highest BCUT2D eigenvalue weighted by atomic mass is 19.1. The van der Waals surface area contributed by atoms with Crippen LogP contribution in [-0.2, 0) is 16.0 Å². The molecule has 6 nitrogen and oxygen atoms in total. The normalized spacial score (nSPS) is 17.5. The van der Waals surface area contributed by atoms with Gasteiger partial charge in [-0.25, -0.2) is 4.39 Å². The van der Waals surface area contributed by atoms with Gasteiger partial charge in [-0.3, -0.25) is 9.59 Å². The molecule has 7 heteroatoms. The number of Topliss-reactive ketones (excluding diaryl/α,β-unsaturated/α-hetero) is 1. The zero-order chi connectivity index (χ0) is 23.5. The number of halogens is 1. The molecule has 1 aliphatic heterocycles. The first kappa shape index (κ1) is 22.3. The average molecular weight is 449 g/mol. The van der Waals surface area contributed by atoms with E-state index in [1.807, 2.05) is 6.92 Å². The Labute approximate surface area is 190 Å². The molecule has 170 valence electrons. The molecule has 0 spiro atoms. The standard InChI is InChI=1S/C26H24FNO5/c1-3-32-20-11-7-18(8-12-20)24(29)22-23(21-13-4-16(2)33-21)28(26(31)25(22)30)15-14-17-5-9-19(27)10-6-17/h4-13,23,29H,3,14-15H2,1-2H3/b24-22-. The maximum atomic E-state index is 13.2. The summed E-state index contributed by atoms with van der Waals surface area (Å²) in [4.78, 5) is 27.4. The summed E-state index contributed by atoms with van der Waals surface area (Å²) in [6.07, 6.45) is 0.409. The Kier molecular flexibility index (Phi) is 6.31. The molecule has 3 aromatic rings. The Bertz CT molecular complexity index is 1190. The van der Waals surface area contributed by atoms with Crippen molar-refractivity contribution in [2.45, 2.75) is 26.3 Å². The Morgan fingerprint density at radius 1 is 1.06 bits per heavy atom. The minimum Gasteiger partial charge on any atom is -0.507 e. The molecule has 1 unspecified atom stereocenters. The van der Waals surface area contributed by atoms with Crippen molar-refractivity contribution in [3.8, 4) is 5.75 Å². The van der Waals surface area contributed by atoms with Gasteiger partial charge in [0.25, 0.3) is 11.7 Å². The summed E-state index contributed by atoms with van der Waals surface area (Å²) in [6.45, 7) is 4.33. The van der Waals surface area contributed by atoms with Crippen LogP contribution in [0.2, 0.25) is 0 Å². The van der Waals surface area contributed by atoms with E-state index in [0.717, 1.165) is 5.56 Å². The summed E-state index contributed by atoms with van der Waals surface area (Å²) in [5.41, 5.74) is 1.18. The van der Waals surface area contributed by atoms with E-state index in [1.165, 1.54) is 17.0 Å². The van der Waals surface area contributed by atoms with E-state index in [-0.39, 0.29) is 23.7 Å². The molecule has 33 heavy (non-hydrogen) atoms. The van der Waals surface area contributed by atoms with E-state index < -0.39 is 17.7 Å². The van der Waals surface area contributed by atoms with Gasteiger partial charge in [0.15, 0.2) is 0 Å². The van der Waals surface area contributed by atoms with Crippen molar-refractivity contribution in [1.29, 1.82) is 0 Å². The van der Waals surface area contributed by atoms with E-state index in [4.69, 9.17) is 9.15 Å². The third kappa shape index (κ3) is 4.53. The minimum absolute atomic E-state index is 0.0300. The SMILES string of the molecule is CCOc1ccc(/C(O)=C2/C(=O)C(=O)N(CCc3ccc(F)cc3)C2c2ccc(C)o2)cc1. The highest BCUT2D eigenvalue weighted by molar-refractivity contribution is 6.46. The van der Waals surface area contributed by atoms with E-state index >= 15 is 0 Å².